The highest BCUT2D eigenvalue weighted by atomic mass is 19.1. The Morgan fingerprint density at radius 1 is 0.893 bits per heavy atom. The summed E-state index contributed by atoms with van der Waals surface area (Å²) in [7, 11) is 1.59. The number of aryl methyl sites for hydroxylation is 2. The van der Waals surface area contributed by atoms with Gasteiger partial charge in [-0.25, -0.2) is 4.39 Å². The summed E-state index contributed by atoms with van der Waals surface area (Å²) < 4.78 is 19.4. The van der Waals surface area contributed by atoms with E-state index in [1.54, 1.807) is 7.11 Å². The summed E-state index contributed by atoms with van der Waals surface area (Å²) in [5.41, 5.74) is 15.0. The van der Waals surface area contributed by atoms with Crippen LogP contribution in [0.4, 0.5) is 10.1 Å². The molecule has 4 rings (SSSR count). The molecule has 0 heterocycles. The van der Waals surface area contributed by atoms with Crippen LogP contribution in [0.25, 0.3) is 11.1 Å². The molecule has 3 aromatic carbocycles. The number of allylic oxidation sites excluding steroid dienone is 1. The van der Waals surface area contributed by atoms with E-state index in [0.717, 1.165) is 36.1 Å². The van der Waals surface area contributed by atoms with Crippen molar-refractivity contribution in [3.05, 3.63) is 94.3 Å². The third-order valence-corrected chi connectivity index (χ3v) is 5.40. The van der Waals surface area contributed by atoms with E-state index in [-0.39, 0.29) is 5.82 Å². The van der Waals surface area contributed by atoms with Crippen LogP contribution >= 0.6 is 0 Å². The van der Waals surface area contributed by atoms with Crippen LogP contribution in [-0.2, 0) is 6.42 Å². The van der Waals surface area contributed by atoms with E-state index in [0.29, 0.717) is 5.75 Å². The lowest BCUT2D eigenvalue weighted by Gasteiger charge is -2.18. The Labute approximate surface area is 165 Å². The lowest BCUT2D eigenvalue weighted by Crippen LogP contribution is -1.99. The molecule has 0 unspecified atom stereocenters. The molecule has 0 aromatic heterocycles. The number of fused-ring (bicyclic) bond motifs is 1. The van der Waals surface area contributed by atoms with Crippen LogP contribution in [0.5, 0.6) is 5.75 Å². The second-order valence-corrected chi connectivity index (χ2v) is 7.33. The monoisotopic (exact) mass is 373 g/mol. The first-order chi connectivity index (χ1) is 13.6. The molecule has 0 spiro atoms. The number of ether oxygens (including phenoxy) is 1. The molecule has 1 aliphatic rings. The molecule has 0 saturated carbocycles. The highest BCUT2D eigenvalue weighted by Crippen LogP contribution is 2.42. The van der Waals surface area contributed by atoms with Crippen molar-refractivity contribution < 1.29 is 9.13 Å². The minimum Gasteiger partial charge on any atom is -0.496 e. The Kier molecular flexibility index (Phi) is 4.91. The van der Waals surface area contributed by atoms with Crippen molar-refractivity contribution in [1.82, 2.24) is 0 Å². The maximum Gasteiger partial charge on any atom is 0.129 e. The Balaban J connectivity index is 2.04. The van der Waals surface area contributed by atoms with Gasteiger partial charge in [0.15, 0.2) is 0 Å². The highest BCUT2D eigenvalue weighted by molar-refractivity contribution is 6.01. The molecule has 3 heteroatoms. The fraction of sp³-hybridized carbons (Fsp3) is 0.200. The molecular weight excluding hydrogens is 349 g/mol. The topological polar surface area (TPSA) is 35.2 Å². The van der Waals surface area contributed by atoms with Gasteiger partial charge in [-0.3, -0.25) is 0 Å². The second kappa shape index (κ2) is 7.51. The first-order valence-corrected chi connectivity index (χ1v) is 9.59. The van der Waals surface area contributed by atoms with Crippen LogP contribution in [-0.4, -0.2) is 7.11 Å². The summed E-state index contributed by atoms with van der Waals surface area (Å²) in [5.74, 6) is 0.276. The van der Waals surface area contributed by atoms with E-state index in [2.05, 4.69) is 43.3 Å². The predicted molar refractivity (Wildman–Crippen MR) is 114 cm³/mol. The molecule has 0 aliphatic heterocycles. The van der Waals surface area contributed by atoms with E-state index in [1.165, 1.54) is 40.0 Å². The molecule has 2 nitrogen and oxygen atoms in total. The summed E-state index contributed by atoms with van der Waals surface area (Å²) in [6.45, 7) is 2.09. The number of hydrogen-bond donors (Lipinski definition) is 1. The van der Waals surface area contributed by atoms with Gasteiger partial charge in [0.05, 0.1) is 7.11 Å². The Morgan fingerprint density at radius 3 is 2.39 bits per heavy atom. The van der Waals surface area contributed by atoms with E-state index in [9.17, 15) is 4.39 Å². The minimum absolute atomic E-state index is 0.292. The van der Waals surface area contributed by atoms with Crippen molar-refractivity contribution in [2.75, 3.05) is 12.8 Å². The number of nitrogens with two attached hydrogens (primary N) is 1. The van der Waals surface area contributed by atoms with Crippen LogP contribution in [0.2, 0.25) is 0 Å². The Morgan fingerprint density at radius 2 is 1.64 bits per heavy atom. The first kappa shape index (κ1) is 18.3. The molecule has 0 atom stereocenters. The molecule has 0 radical (unpaired) electrons. The van der Waals surface area contributed by atoms with E-state index >= 15 is 0 Å². The maximum atomic E-state index is 13.8. The van der Waals surface area contributed by atoms with Crippen molar-refractivity contribution in [3.8, 4) is 5.75 Å². The fourth-order valence-electron chi connectivity index (χ4n) is 4.04. The van der Waals surface area contributed by atoms with Gasteiger partial charge in [0.2, 0.25) is 0 Å². The van der Waals surface area contributed by atoms with Gasteiger partial charge in [-0.15, -0.1) is 0 Å². The standard InChI is InChI=1S/C25H24FNO/c1-16-6-8-17(9-7-16)25-21-13-11-20(27)14-18(21)4-3-5-23(25)22-12-10-19(26)15-24(22)28-2/h6-15H,3-5,27H2,1-2H3. The molecule has 142 valence electrons. The van der Waals surface area contributed by atoms with Gasteiger partial charge in [-0.2, -0.15) is 0 Å². The van der Waals surface area contributed by atoms with Gasteiger partial charge < -0.3 is 10.5 Å². The van der Waals surface area contributed by atoms with E-state index < -0.39 is 0 Å². The van der Waals surface area contributed by atoms with E-state index in [1.807, 2.05) is 12.1 Å². The zero-order chi connectivity index (χ0) is 19.7. The molecule has 2 N–H and O–H groups in total. The fourth-order valence-corrected chi connectivity index (χ4v) is 4.04. The molecule has 0 bridgehead atoms. The van der Waals surface area contributed by atoms with Gasteiger partial charge in [-0.1, -0.05) is 35.9 Å². The molecule has 0 fully saturated rings. The maximum absolute atomic E-state index is 13.8. The van der Waals surface area contributed by atoms with Crippen molar-refractivity contribution in [2.45, 2.75) is 26.2 Å². The van der Waals surface area contributed by atoms with Gasteiger partial charge in [0, 0.05) is 17.3 Å². The molecular formula is C25H24FNO. The number of hydrogen-bond acceptors (Lipinski definition) is 2. The largest absolute Gasteiger partial charge is 0.496 e. The van der Waals surface area contributed by atoms with Crippen molar-refractivity contribution in [3.63, 3.8) is 0 Å². The quantitative estimate of drug-likeness (QED) is 0.570. The molecule has 3 aromatic rings. The SMILES string of the molecule is COc1cc(F)ccc1C1=C(c2ccc(C)cc2)c2ccc(N)cc2CCC1. The van der Waals surface area contributed by atoms with Crippen molar-refractivity contribution in [1.29, 1.82) is 0 Å². The summed E-state index contributed by atoms with van der Waals surface area (Å²) in [4.78, 5) is 0. The van der Waals surface area contributed by atoms with Crippen LogP contribution < -0.4 is 10.5 Å². The predicted octanol–water partition coefficient (Wildman–Crippen LogP) is 6.02. The van der Waals surface area contributed by atoms with Gasteiger partial charge >= 0.3 is 0 Å². The molecule has 28 heavy (non-hydrogen) atoms. The average molecular weight is 373 g/mol. The van der Waals surface area contributed by atoms with Crippen LogP contribution in [0.1, 0.15) is 40.7 Å². The number of halogens is 1. The summed E-state index contributed by atoms with van der Waals surface area (Å²) in [6.07, 6.45) is 2.85. The summed E-state index contributed by atoms with van der Waals surface area (Å²) >= 11 is 0. The third-order valence-electron chi connectivity index (χ3n) is 5.40. The lowest BCUT2D eigenvalue weighted by molar-refractivity contribution is 0.410. The number of benzene rings is 3. The zero-order valence-electron chi connectivity index (χ0n) is 16.3. The molecule has 0 saturated heterocycles. The highest BCUT2D eigenvalue weighted by Gasteiger charge is 2.22. The third kappa shape index (κ3) is 3.40. The van der Waals surface area contributed by atoms with Crippen molar-refractivity contribution in [2.24, 2.45) is 0 Å². The number of methoxy groups -OCH3 is 1. The van der Waals surface area contributed by atoms with Gasteiger partial charge in [-0.05, 0) is 78.3 Å². The average Bonchev–Trinajstić information content (AvgIpc) is 2.87. The number of rotatable bonds is 3. The summed E-state index contributed by atoms with van der Waals surface area (Å²) in [5, 5.41) is 0. The van der Waals surface area contributed by atoms with Gasteiger partial charge in [0.25, 0.3) is 0 Å². The van der Waals surface area contributed by atoms with Gasteiger partial charge in [0.1, 0.15) is 11.6 Å². The summed E-state index contributed by atoms with van der Waals surface area (Å²) in [6, 6.07) is 19.5. The normalized spacial score (nSPS) is 13.8. The number of nitrogen functional groups attached to an aromatic ring is 1. The Bertz CT molecular complexity index is 1050. The van der Waals surface area contributed by atoms with E-state index in [4.69, 9.17) is 10.5 Å². The number of anilines is 1. The smallest absolute Gasteiger partial charge is 0.129 e. The van der Waals surface area contributed by atoms with Crippen LogP contribution in [0, 0.1) is 12.7 Å². The lowest BCUT2D eigenvalue weighted by atomic mass is 9.87. The molecule has 1 aliphatic carbocycles. The van der Waals surface area contributed by atoms with Crippen molar-refractivity contribution >= 4 is 16.8 Å². The molecule has 0 amide bonds. The zero-order valence-corrected chi connectivity index (χ0v) is 16.3. The first-order valence-electron chi connectivity index (χ1n) is 9.59. The van der Waals surface area contributed by atoms with Crippen LogP contribution in [0.15, 0.2) is 60.7 Å². The Hall–Kier alpha value is -3.07. The second-order valence-electron chi connectivity index (χ2n) is 7.33. The van der Waals surface area contributed by atoms with Crippen LogP contribution in [0.3, 0.4) is 0 Å². The minimum atomic E-state index is -0.292.